The molecule has 3 rings (SSSR count). The van der Waals surface area contributed by atoms with Gasteiger partial charge in [0.05, 0.1) is 10.9 Å². The van der Waals surface area contributed by atoms with E-state index >= 15 is 0 Å². The zero-order chi connectivity index (χ0) is 16.4. The van der Waals surface area contributed by atoms with Crippen molar-refractivity contribution in [3.63, 3.8) is 0 Å². The molecule has 1 aromatic heterocycles. The van der Waals surface area contributed by atoms with Crippen molar-refractivity contribution < 1.29 is 4.74 Å². The van der Waals surface area contributed by atoms with E-state index in [4.69, 9.17) is 27.8 Å². The molecule has 6 heteroatoms. The van der Waals surface area contributed by atoms with Crippen LogP contribution < -0.4 is 16.2 Å². The highest BCUT2D eigenvalue weighted by Gasteiger charge is 2.15. The van der Waals surface area contributed by atoms with Crippen molar-refractivity contribution in [1.29, 1.82) is 0 Å². The SMILES string of the molecule is CCC(Oc1cccc2nc(N)nc(N)c12)c1ccc(Cl)cc1. The van der Waals surface area contributed by atoms with Crippen LogP contribution in [-0.2, 0) is 0 Å². The Morgan fingerprint density at radius 1 is 1.09 bits per heavy atom. The second kappa shape index (κ2) is 6.30. The van der Waals surface area contributed by atoms with Crippen molar-refractivity contribution >= 4 is 34.3 Å². The Labute approximate surface area is 139 Å². The summed E-state index contributed by atoms with van der Waals surface area (Å²) in [7, 11) is 0. The van der Waals surface area contributed by atoms with Crippen LogP contribution in [0.3, 0.4) is 0 Å². The molecule has 0 radical (unpaired) electrons. The molecule has 5 nitrogen and oxygen atoms in total. The fourth-order valence-electron chi connectivity index (χ4n) is 2.51. The number of hydrogen-bond donors (Lipinski definition) is 2. The number of nitrogen functional groups attached to an aromatic ring is 2. The lowest BCUT2D eigenvalue weighted by Crippen LogP contribution is -2.08. The minimum atomic E-state index is -0.116. The van der Waals surface area contributed by atoms with Gasteiger partial charge in [-0.25, -0.2) is 4.98 Å². The van der Waals surface area contributed by atoms with E-state index in [2.05, 4.69) is 16.9 Å². The molecule has 1 heterocycles. The monoisotopic (exact) mass is 328 g/mol. The first kappa shape index (κ1) is 15.4. The van der Waals surface area contributed by atoms with Gasteiger partial charge in [-0.05, 0) is 36.2 Å². The van der Waals surface area contributed by atoms with Crippen molar-refractivity contribution in [2.45, 2.75) is 19.4 Å². The lowest BCUT2D eigenvalue weighted by Gasteiger charge is -2.19. The third-order valence-electron chi connectivity index (χ3n) is 3.61. The maximum atomic E-state index is 6.18. The van der Waals surface area contributed by atoms with E-state index in [1.807, 2.05) is 42.5 Å². The topological polar surface area (TPSA) is 87.0 Å². The Balaban J connectivity index is 2.01. The number of anilines is 2. The van der Waals surface area contributed by atoms with Gasteiger partial charge in [0.2, 0.25) is 5.95 Å². The van der Waals surface area contributed by atoms with Gasteiger partial charge in [-0.3, -0.25) is 0 Å². The predicted octanol–water partition coefficient (Wildman–Crippen LogP) is 3.98. The summed E-state index contributed by atoms with van der Waals surface area (Å²) in [6, 6.07) is 13.2. The maximum Gasteiger partial charge on any atom is 0.222 e. The molecule has 0 amide bonds. The Morgan fingerprint density at radius 2 is 1.83 bits per heavy atom. The normalized spacial score (nSPS) is 12.3. The van der Waals surface area contributed by atoms with Crippen LogP contribution in [-0.4, -0.2) is 9.97 Å². The number of ether oxygens (including phenoxy) is 1. The summed E-state index contributed by atoms with van der Waals surface area (Å²) >= 11 is 5.95. The van der Waals surface area contributed by atoms with Crippen molar-refractivity contribution in [2.75, 3.05) is 11.5 Å². The van der Waals surface area contributed by atoms with E-state index in [1.54, 1.807) is 0 Å². The number of benzene rings is 2. The highest BCUT2D eigenvalue weighted by atomic mass is 35.5. The number of aromatic nitrogens is 2. The van der Waals surface area contributed by atoms with Gasteiger partial charge in [0.1, 0.15) is 17.7 Å². The molecule has 0 saturated heterocycles. The molecule has 0 bridgehead atoms. The Kier molecular flexibility index (Phi) is 4.21. The highest BCUT2D eigenvalue weighted by molar-refractivity contribution is 6.30. The van der Waals surface area contributed by atoms with Crippen LogP contribution >= 0.6 is 11.6 Å². The molecule has 0 aliphatic rings. The molecule has 118 valence electrons. The molecule has 3 aromatic rings. The minimum Gasteiger partial charge on any atom is -0.485 e. The molecule has 2 aromatic carbocycles. The number of halogens is 1. The zero-order valence-electron chi connectivity index (χ0n) is 12.7. The molecular formula is C17H17ClN4O. The molecule has 0 aliphatic heterocycles. The van der Waals surface area contributed by atoms with Gasteiger partial charge in [0, 0.05) is 5.02 Å². The quantitative estimate of drug-likeness (QED) is 0.756. The largest absolute Gasteiger partial charge is 0.485 e. The van der Waals surface area contributed by atoms with Crippen LogP contribution in [0, 0.1) is 0 Å². The molecule has 0 fully saturated rings. The molecule has 1 unspecified atom stereocenters. The molecule has 0 spiro atoms. The van der Waals surface area contributed by atoms with Crippen LogP contribution in [0.2, 0.25) is 5.02 Å². The van der Waals surface area contributed by atoms with Gasteiger partial charge in [-0.1, -0.05) is 36.7 Å². The van der Waals surface area contributed by atoms with Crippen LogP contribution in [0.25, 0.3) is 10.9 Å². The maximum absolute atomic E-state index is 6.18. The number of rotatable bonds is 4. The summed E-state index contributed by atoms with van der Waals surface area (Å²) in [4.78, 5) is 8.23. The van der Waals surface area contributed by atoms with Crippen LogP contribution in [0.4, 0.5) is 11.8 Å². The fraction of sp³-hybridized carbons (Fsp3) is 0.176. The van der Waals surface area contributed by atoms with Gasteiger partial charge < -0.3 is 16.2 Å². The molecular weight excluding hydrogens is 312 g/mol. The third kappa shape index (κ3) is 3.14. The molecule has 0 saturated carbocycles. The Bertz CT molecular complexity index is 836. The third-order valence-corrected chi connectivity index (χ3v) is 3.86. The summed E-state index contributed by atoms with van der Waals surface area (Å²) < 4.78 is 6.18. The van der Waals surface area contributed by atoms with Gasteiger partial charge in [-0.2, -0.15) is 4.98 Å². The summed E-state index contributed by atoms with van der Waals surface area (Å²) in [5.41, 5.74) is 13.4. The zero-order valence-corrected chi connectivity index (χ0v) is 13.4. The van der Waals surface area contributed by atoms with Crippen molar-refractivity contribution in [3.8, 4) is 5.75 Å². The Hall–Kier alpha value is -2.53. The summed E-state index contributed by atoms with van der Waals surface area (Å²) in [6.07, 6.45) is 0.683. The minimum absolute atomic E-state index is 0.116. The average Bonchev–Trinajstić information content (AvgIpc) is 2.53. The van der Waals surface area contributed by atoms with Crippen molar-refractivity contribution in [2.24, 2.45) is 0 Å². The number of hydrogen-bond acceptors (Lipinski definition) is 5. The molecule has 4 N–H and O–H groups in total. The van der Waals surface area contributed by atoms with Crippen LogP contribution in [0.1, 0.15) is 25.0 Å². The van der Waals surface area contributed by atoms with Crippen LogP contribution in [0.15, 0.2) is 42.5 Å². The number of nitrogens with two attached hydrogens (primary N) is 2. The number of nitrogens with zero attached hydrogens (tertiary/aromatic N) is 2. The van der Waals surface area contributed by atoms with E-state index in [0.717, 1.165) is 12.0 Å². The van der Waals surface area contributed by atoms with Crippen molar-refractivity contribution in [3.05, 3.63) is 53.1 Å². The summed E-state index contributed by atoms with van der Waals surface area (Å²) in [5, 5.41) is 1.37. The van der Waals surface area contributed by atoms with E-state index in [-0.39, 0.29) is 12.1 Å². The van der Waals surface area contributed by atoms with Crippen molar-refractivity contribution in [1.82, 2.24) is 9.97 Å². The van der Waals surface area contributed by atoms with E-state index < -0.39 is 0 Å². The first-order chi connectivity index (χ1) is 11.1. The molecule has 1 atom stereocenters. The second-order valence-corrected chi connectivity index (χ2v) is 5.62. The van der Waals surface area contributed by atoms with Gasteiger partial charge >= 0.3 is 0 Å². The lowest BCUT2D eigenvalue weighted by molar-refractivity contribution is 0.204. The Morgan fingerprint density at radius 3 is 2.52 bits per heavy atom. The average molecular weight is 329 g/mol. The number of fused-ring (bicyclic) bond motifs is 1. The molecule has 0 aliphatic carbocycles. The van der Waals surface area contributed by atoms with E-state index in [0.29, 0.717) is 27.5 Å². The first-order valence-corrected chi connectivity index (χ1v) is 7.70. The second-order valence-electron chi connectivity index (χ2n) is 5.18. The predicted molar refractivity (Wildman–Crippen MR) is 93.5 cm³/mol. The first-order valence-electron chi connectivity index (χ1n) is 7.32. The smallest absolute Gasteiger partial charge is 0.222 e. The van der Waals surface area contributed by atoms with E-state index in [1.165, 1.54) is 0 Å². The van der Waals surface area contributed by atoms with Gasteiger partial charge in [-0.15, -0.1) is 0 Å². The van der Waals surface area contributed by atoms with E-state index in [9.17, 15) is 0 Å². The van der Waals surface area contributed by atoms with Gasteiger partial charge in [0.15, 0.2) is 0 Å². The molecule has 23 heavy (non-hydrogen) atoms. The van der Waals surface area contributed by atoms with Crippen LogP contribution in [0.5, 0.6) is 5.75 Å². The highest BCUT2D eigenvalue weighted by Crippen LogP contribution is 2.33. The summed E-state index contributed by atoms with van der Waals surface area (Å²) in [6.45, 7) is 2.06. The fourth-order valence-corrected chi connectivity index (χ4v) is 2.64. The standard InChI is InChI=1S/C17H17ClN4O/c1-2-13(10-6-8-11(18)9-7-10)23-14-5-3-4-12-15(14)16(19)22-17(20)21-12/h3-9,13H,2H2,1H3,(H4,19,20,21,22). The van der Waals surface area contributed by atoms with Gasteiger partial charge in [0.25, 0.3) is 0 Å². The lowest BCUT2D eigenvalue weighted by atomic mass is 10.1. The summed E-state index contributed by atoms with van der Waals surface area (Å²) in [5.74, 6) is 1.10.